The summed E-state index contributed by atoms with van der Waals surface area (Å²) in [6.07, 6.45) is 7.25. The number of amides is 1. The van der Waals surface area contributed by atoms with Gasteiger partial charge in [-0.25, -0.2) is 15.0 Å². The molecule has 3 rings (SSSR count). The van der Waals surface area contributed by atoms with Gasteiger partial charge >= 0.3 is 0 Å². The first-order chi connectivity index (χ1) is 11.7. The number of carbonyl (C=O) groups excluding carboxylic acids is 1. The van der Waals surface area contributed by atoms with Crippen LogP contribution in [0.2, 0.25) is 0 Å². The number of methoxy groups -OCH3 is 1. The van der Waals surface area contributed by atoms with Gasteiger partial charge in [-0.05, 0) is 19.4 Å². The SMILES string of the molecule is CO[C@@H]1C[C@H](CNC(=O)c2nccnc2C)N(c2ccncn2)C1. The van der Waals surface area contributed by atoms with E-state index < -0.39 is 0 Å². The fourth-order valence-electron chi connectivity index (χ4n) is 2.90. The van der Waals surface area contributed by atoms with Gasteiger partial charge in [0.25, 0.3) is 5.91 Å². The standard InChI is InChI=1S/C16H20N6O2/c1-11-15(19-6-5-18-11)16(23)20-8-12-7-13(24-2)9-22(12)14-3-4-17-10-21-14/h3-6,10,12-13H,7-9H2,1-2H3,(H,20,23)/t12-,13-/m1/s1. The molecule has 2 atom stereocenters. The van der Waals surface area contributed by atoms with Crippen LogP contribution in [0.3, 0.4) is 0 Å². The van der Waals surface area contributed by atoms with Crippen molar-refractivity contribution in [3.63, 3.8) is 0 Å². The van der Waals surface area contributed by atoms with Crippen molar-refractivity contribution in [1.82, 2.24) is 25.3 Å². The van der Waals surface area contributed by atoms with E-state index >= 15 is 0 Å². The highest BCUT2D eigenvalue weighted by Crippen LogP contribution is 2.24. The van der Waals surface area contributed by atoms with Crippen LogP contribution >= 0.6 is 0 Å². The molecule has 1 amide bonds. The van der Waals surface area contributed by atoms with Crippen molar-refractivity contribution in [3.05, 3.63) is 42.4 Å². The van der Waals surface area contributed by atoms with E-state index in [9.17, 15) is 4.79 Å². The summed E-state index contributed by atoms with van der Waals surface area (Å²) in [6, 6.07) is 1.96. The largest absolute Gasteiger partial charge is 0.380 e. The van der Waals surface area contributed by atoms with E-state index in [1.165, 1.54) is 12.5 Å². The molecule has 0 spiro atoms. The highest BCUT2D eigenvalue weighted by molar-refractivity contribution is 5.93. The predicted molar refractivity (Wildman–Crippen MR) is 87.7 cm³/mol. The average molecular weight is 328 g/mol. The van der Waals surface area contributed by atoms with Gasteiger partial charge < -0.3 is 15.0 Å². The Kier molecular flexibility index (Phi) is 4.95. The minimum atomic E-state index is -0.218. The summed E-state index contributed by atoms with van der Waals surface area (Å²) in [5.41, 5.74) is 0.969. The van der Waals surface area contributed by atoms with Crippen molar-refractivity contribution < 1.29 is 9.53 Å². The summed E-state index contributed by atoms with van der Waals surface area (Å²) in [6.45, 7) is 2.99. The van der Waals surface area contributed by atoms with Crippen molar-refractivity contribution in [1.29, 1.82) is 0 Å². The van der Waals surface area contributed by atoms with Gasteiger partial charge in [-0.1, -0.05) is 0 Å². The average Bonchev–Trinajstić information content (AvgIpc) is 3.04. The zero-order valence-corrected chi connectivity index (χ0v) is 13.7. The smallest absolute Gasteiger partial charge is 0.271 e. The first-order valence-corrected chi connectivity index (χ1v) is 7.80. The van der Waals surface area contributed by atoms with Gasteiger partial charge in [0.05, 0.1) is 17.8 Å². The first-order valence-electron chi connectivity index (χ1n) is 7.80. The van der Waals surface area contributed by atoms with E-state index in [4.69, 9.17) is 4.74 Å². The fraction of sp³-hybridized carbons (Fsp3) is 0.438. The number of ether oxygens (including phenoxy) is 1. The molecule has 1 aliphatic rings. The molecule has 8 heteroatoms. The zero-order valence-electron chi connectivity index (χ0n) is 13.7. The minimum absolute atomic E-state index is 0.103. The van der Waals surface area contributed by atoms with E-state index in [1.807, 2.05) is 6.07 Å². The molecule has 0 aliphatic carbocycles. The Labute approximate surface area is 140 Å². The molecular formula is C16H20N6O2. The van der Waals surface area contributed by atoms with Crippen LogP contribution in [-0.2, 0) is 4.74 Å². The Balaban J connectivity index is 1.68. The molecule has 1 saturated heterocycles. The summed E-state index contributed by atoms with van der Waals surface area (Å²) in [7, 11) is 1.70. The molecule has 0 unspecified atom stereocenters. The second-order valence-electron chi connectivity index (χ2n) is 5.67. The van der Waals surface area contributed by atoms with E-state index in [1.54, 1.807) is 26.4 Å². The number of hydrogen-bond donors (Lipinski definition) is 1. The topological polar surface area (TPSA) is 93.1 Å². The van der Waals surface area contributed by atoms with Crippen LogP contribution < -0.4 is 10.2 Å². The normalized spacial score (nSPS) is 20.2. The molecule has 0 saturated carbocycles. The molecule has 2 aromatic rings. The van der Waals surface area contributed by atoms with Gasteiger partial charge in [0.15, 0.2) is 0 Å². The van der Waals surface area contributed by atoms with Crippen molar-refractivity contribution in [3.8, 4) is 0 Å². The van der Waals surface area contributed by atoms with Gasteiger partial charge in [-0.2, -0.15) is 0 Å². The Bertz CT molecular complexity index is 696. The lowest BCUT2D eigenvalue weighted by atomic mass is 10.2. The summed E-state index contributed by atoms with van der Waals surface area (Å²) < 4.78 is 5.48. The van der Waals surface area contributed by atoms with Crippen LogP contribution in [0.4, 0.5) is 5.82 Å². The number of carbonyl (C=O) groups is 1. The third kappa shape index (κ3) is 3.48. The van der Waals surface area contributed by atoms with Crippen LogP contribution in [-0.4, -0.2) is 58.2 Å². The van der Waals surface area contributed by atoms with Crippen LogP contribution in [0, 0.1) is 6.92 Å². The molecule has 3 heterocycles. The van der Waals surface area contributed by atoms with Gasteiger partial charge in [-0.3, -0.25) is 9.78 Å². The Morgan fingerprint density at radius 2 is 2.17 bits per heavy atom. The summed E-state index contributed by atoms with van der Waals surface area (Å²) in [4.78, 5) is 30.9. The molecule has 1 N–H and O–H groups in total. The number of anilines is 1. The minimum Gasteiger partial charge on any atom is -0.380 e. The van der Waals surface area contributed by atoms with E-state index in [-0.39, 0.29) is 18.1 Å². The highest BCUT2D eigenvalue weighted by atomic mass is 16.5. The Hall–Kier alpha value is -2.61. The maximum Gasteiger partial charge on any atom is 0.271 e. The van der Waals surface area contributed by atoms with Crippen LogP contribution in [0.25, 0.3) is 0 Å². The van der Waals surface area contributed by atoms with Crippen LogP contribution in [0.1, 0.15) is 22.6 Å². The predicted octanol–water partition coefficient (Wildman–Crippen LogP) is 0.599. The van der Waals surface area contributed by atoms with Crippen LogP contribution in [0.15, 0.2) is 31.0 Å². The number of rotatable bonds is 5. The fourth-order valence-corrected chi connectivity index (χ4v) is 2.90. The maximum atomic E-state index is 12.3. The van der Waals surface area contributed by atoms with E-state index in [2.05, 4.69) is 30.2 Å². The third-order valence-corrected chi connectivity index (χ3v) is 4.16. The van der Waals surface area contributed by atoms with Gasteiger partial charge in [0.2, 0.25) is 0 Å². The monoisotopic (exact) mass is 328 g/mol. The number of nitrogens with one attached hydrogen (secondary N) is 1. The van der Waals surface area contributed by atoms with Crippen molar-refractivity contribution in [2.24, 2.45) is 0 Å². The molecular weight excluding hydrogens is 308 g/mol. The van der Waals surface area contributed by atoms with E-state index in [0.717, 1.165) is 18.8 Å². The lowest BCUT2D eigenvalue weighted by Gasteiger charge is -2.25. The molecule has 8 nitrogen and oxygen atoms in total. The van der Waals surface area contributed by atoms with Gasteiger partial charge in [-0.15, -0.1) is 0 Å². The highest BCUT2D eigenvalue weighted by Gasteiger charge is 2.33. The van der Waals surface area contributed by atoms with Crippen molar-refractivity contribution in [2.75, 3.05) is 25.1 Å². The van der Waals surface area contributed by atoms with Gasteiger partial charge in [0.1, 0.15) is 17.8 Å². The molecule has 2 aromatic heterocycles. The number of nitrogens with zero attached hydrogens (tertiary/aromatic N) is 5. The number of aromatic nitrogens is 4. The van der Waals surface area contributed by atoms with Crippen molar-refractivity contribution in [2.45, 2.75) is 25.5 Å². The summed E-state index contributed by atoms with van der Waals surface area (Å²) >= 11 is 0. The summed E-state index contributed by atoms with van der Waals surface area (Å²) in [5.74, 6) is 0.614. The lowest BCUT2D eigenvalue weighted by Crippen LogP contribution is -2.41. The molecule has 24 heavy (non-hydrogen) atoms. The second kappa shape index (κ2) is 7.31. The molecule has 0 bridgehead atoms. The van der Waals surface area contributed by atoms with E-state index in [0.29, 0.717) is 17.9 Å². The molecule has 0 aromatic carbocycles. The maximum absolute atomic E-state index is 12.3. The molecule has 1 aliphatic heterocycles. The zero-order chi connectivity index (χ0) is 16.9. The number of hydrogen-bond acceptors (Lipinski definition) is 7. The lowest BCUT2D eigenvalue weighted by molar-refractivity contribution is 0.0940. The molecule has 126 valence electrons. The molecule has 1 fully saturated rings. The third-order valence-electron chi connectivity index (χ3n) is 4.16. The first kappa shape index (κ1) is 16.3. The van der Waals surface area contributed by atoms with Crippen LogP contribution in [0.5, 0.6) is 0 Å². The molecule has 0 radical (unpaired) electrons. The quantitative estimate of drug-likeness (QED) is 0.859. The van der Waals surface area contributed by atoms with Crippen molar-refractivity contribution >= 4 is 11.7 Å². The Morgan fingerprint density at radius 3 is 2.88 bits per heavy atom. The summed E-state index contributed by atoms with van der Waals surface area (Å²) in [5, 5.41) is 2.94. The second-order valence-corrected chi connectivity index (χ2v) is 5.67. The number of aryl methyl sites for hydroxylation is 1. The Morgan fingerprint density at radius 1 is 1.33 bits per heavy atom. The van der Waals surface area contributed by atoms with Gasteiger partial charge in [0, 0.05) is 38.8 Å².